The van der Waals surface area contributed by atoms with Gasteiger partial charge < -0.3 is 10.9 Å². The summed E-state index contributed by atoms with van der Waals surface area (Å²) in [5.74, 6) is 1.01. The second-order valence-corrected chi connectivity index (χ2v) is 4.45. The van der Waals surface area contributed by atoms with Crippen LogP contribution < -0.4 is 5.73 Å². The average Bonchev–Trinajstić information content (AvgIpc) is 2.16. The van der Waals surface area contributed by atoms with E-state index >= 15 is 0 Å². The number of nitrogens with zero attached hydrogens (tertiary/aromatic N) is 1. The second kappa shape index (κ2) is 5.30. The Morgan fingerprint density at radius 2 is 2.08 bits per heavy atom. The van der Waals surface area contributed by atoms with Crippen LogP contribution >= 0.6 is 11.8 Å². The molecule has 0 bridgehead atoms. The molecule has 0 aromatic heterocycles. The van der Waals surface area contributed by atoms with Gasteiger partial charge in [-0.3, -0.25) is 0 Å². The van der Waals surface area contributed by atoms with Gasteiger partial charge in [0.05, 0.1) is 5.75 Å². The molecular weight excluding hydrogens is 172 g/mol. The Labute approximate surface area is 77.4 Å². The number of thioether (sulfide) groups is 1. The molecule has 0 aliphatic heterocycles. The predicted octanol–water partition coefficient (Wildman–Crippen LogP) is 1.80. The number of hydrogen-bond donors (Lipinski definition) is 2. The summed E-state index contributed by atoms with van der Waals surface area (Å²) in [5, 5.41) is 12.0. The van der Waals surface area contributed by atoms with Crippen molar-refractivity contribution in [3.8, 4) is 0 Å². The quantitative estimate of drug-likeness (QED) is 0.307. The summed E-state index contributed by atoms with van der Waals surface area (Å²) < 4.78 is 0. The number of rotatable bonds is 3. The molecule has 3 nitrogen and oxygen atoms in total. The standard InChI is InChI=1S/C8H16N2OS/c9-8(10-11)6-12-7-4-2-1-3-5-7/h7,11H,1-6H2,(H2,9,10). The largest absolute Gasteiger partial charge is 0.409 e. The van der Waals surface area contributed by atoms with E-state index in [-0.39, 0.29) is 0 Å². The molecule has 1 fully saturated rings. The van der Waals surface area contributed by atoms with Crippen LogP contribution in [0.3, 0.4) is 0 Å². The summed E-state index contributed by atoms with van der Waals surface area (Å²) in [6.07, 6.45) is 6.65. The molecule has 1 rings (SSSR count). The highest BCUT2D eigenvalue weighted by atomic mass is 32.2. The van der Waals surface area contributed by atoms with Crippen molar-refractivity contribution in [1.29, 1.82) is 0 Å². The summed E-state index contributed by atoms with van der Waals surface area (Å²) in [7, 11) is 0. The fourth-order valence-electron chi connectivity index (χ4n) is 1.46. The Bertz CT molecular complexity index is 155. The lowest BCUT2D eigenvalue weighted by Gasteiger charge is -2.20. The summed E-state index contributed by atoms with van der Waals surface area (Å²) >= 11 is 1.81. The number of amidine groups is 1. The number of hydrogen-bond acceptors (Lipinski definition) is 3. The molecule has 0 aromatic rings. The van der Waals surface area contributed by atoms with Crippen molar-refractivity contribution < 1.29 is 5.21 Å². The zero-order valence-electron chi connectivity index (χ0n) is 7.20. The third-order valence-electron chi connectivity index (χ3n) is 2.15. The van der Waals surface area contributed by atoms with E-state index in [0.717, 1.165) is 5.25 Å². The van der Waals surface area contributed by atoms with Crippen LogP contribution in [0.4, 0.5) is 0 Å². The van der Waals surface area contributed by atoms with Crippen molar-refractivity contribution in [1.82, 2.24) is 0 Å². The predicted molar refractivity (Wildman–Crippen MR) is 52.7 cm³/mol. The minimum atomic E-state index is 0.338. The molecule has 0 unspecified atom stereocenters. The molecule has 1 aliphatic carbocycles. The molecular formula is C8H16N2OS. The monoisotopic (exact) mass is 188 g/mol. The molecule has 1 saturated carbocycles. The van der Waals surface area contributed by atoms with Crippen LogP contribution in [0.15, 0.2) is 5.16 Å². The molecule has 70 valence electrons. The summed E-state index contributed by atoms with van der Waals surface area (Å²) in [6.45, 7) is 0. The molecule has 0 amide bonds. The van der Waals surface area contributed by atoms with Gasteiger partial charge in [-0.2, -0.15) is 11.8 Å². The Balaban J connectivity index is 2.13. The average molecular weight is 188 g/mol. The van der Waals surface area contributed by atoms with E-state index in [0.29, 0.717) is 11.6 Å². The fourth-order valence-corrected chi connectivity index (χ4v) is 2.59. The van der Waals surface area contributed by atoms with Gasteiger partial charge in [-0.15, -0.1) is 0 Å². The number of nitrogens with two attached hydrogens (primary N) is 1. The van der Waals surface area contributed by atoms with Crippen molar-refractivity contribution in [2.24, 2.45) is 10.9 Å². The minimum absolute atomic E-state index is 0.338. The highest BCUT2D eigenvalue weighted by molar-refractivity contribution is 8.00. The van der Waals surface area contributed by atoms with Crippen LogP contribution in [0.2, 0.25) is 0 Å². The van der Waals surface area contributed by atoms with Gasteiger partial charge in [0, 0.05) is 5.25 Å². The molecule has 3 N–H and O–H groups in total. The van der Waals surface area contributed by atoms with E-state index in [1.165, 1.54) is 32.1 Å². The molecule has 0 saturated heterocycles. The van der Waals surface area contributed by atoms with Crippen LogP contribution in [0, 0.1) is 0 Å². The smallest absolute Gasteiger partial charge is 0.149 e. The molecule has 0 spiro atoms. The fraction of sp³-hybridized carbons (Fsp3) is 0.875. The van der Waals surface area contributed by atoms with Gasteiger partial charge in [0.25, 0.3) is 0 Å². The maximum absolute atomic E-state index is 8.31. The molecule has 0 radical (unpaired) electrons. The first kappa shape index (κ1) is 9.71. The van der Waals surface area contributed by atoms with Crippen molar-refractivity contribution in [2.75, 3.05) is 5.75 Å². The third-order valence-corrected chi connectivity index (χ3v) is 3.55. The topological polar surface area (TPSA) is 58.6 Å². The zero-order valence-corrected chi connectivity index (χ0v) is 8.02. The highest BCUT2D eigenvalue weighted by Crippen LogP contribution is 2.27. The van der Waals surface area contributed by atoms with Crippen molar-refractivity contribution in [3.63, 3.8) is 0 Å². The lowest BCUT2D eigenvalue weighted by atomic mass is 10.0. The third kappa shape index (κ3) is 3.34. The summed E-state index contributed by atoms with van der Waals surface area (Å²) in [5.41, 5.74) is 5.37. The molecule has 4 heteroatoms. The van der Waals surface area contributed by atoms with E-state index in [1.54, 1.807) is 0 Å². The molecule has 0 atom stereocenters. The molecule has 0 heterocycles. The first-order valence-corrected chi connectivity index (χ1v) is 5.46. The maximum atomic E-state index is 8.31. The molecule has 1 aliphatic rings. The van der Waals surface area contributed by atoms with Crippen LogP contribution in [0.5, 0.6) is 0 Å². The van der Waals surface area contributed by atoms with Gasteiger partial charge in [0.15, 0.2) is 0 Å². The van der Waals surface area contributed by atoms with Crippen LogP contribution in [-0.2, 0) is 0 Å². The van der Waals surface area contributed by atoms with Crippen LogP contribution in [0.25, 0.3) is 0 Å². The van der Waals surface area contributed by atoms with Gasteiger partial charge in [-0.1, -0.05) is 24.4 Å². The van der Waals surface area contributed by atoms with E-state index in [1.807, 2.05) is 11.8 Å². The van der Waals surface area contributed by atoms with Gasteiger partial charge in [0.2, 0.25) is 0 Å². The Morgan fingerprint density at radius 1 is 1.42 bits per heavy atom. The van der Waals surface area contributed by atoms with Gasteiger partial charge >= 0.3 is 0 Å². The van der Waals surface area contributed by atoms with Crippen LogP contribution in [0.1, 0.15) is 32.1 Å². The second-order valence-electron chi connectivity index (χ2n) is 3.16. The Kier molecular flexibility index (Phi) is 4.29. The van der Waals surface area contributed by atoms with Crippen molar-refractivity contribution in [3.05, 3.63) is 0 Å². The van der Waals surface area contributed by atoms with Crippen LogP contribution in [-0.4, -0.2) is 22.0 Å². The van der Waals surface area contributed by atoms with E-state index in [2.05, 4.69) is 5.16 Å². The Hall–Kier alpha value is -0.380. The molecule has 12 heavy (non-hydrogen) atoms. The number of oxime groups is 1. The highest BCUT2D eigenvalue weighted by Gasteiger charge is 2.13. The summed E-state index contributed by atoms with van der Waals surface area (Å²) in [6, 6.07) is 0. The molecule has 0 aromatic carbocycles. The van der Waals surface area contributed by atoms with Crippen molar-refractivity contribution in [2.45, 2.75) is 37.4 Å². The van der Waals surface area contributed by atoms with E-state index < -0.39 is 0 Å². The first-order valence-electron chi connectivity index (χ1n) is 4.41. The SMILES string of the molecule is N/C(CSC1CCCCC1)=N\O. The van der Waals surface area contributed by atoms with E-state index in [9.17, 15) is 0 Å². The normalized spacial score (nSPS) is 21.2. The lowest BCUT2D eigenvalue weighted by molar-refractivity contribution is 0.318. The maximum Gasteiger partial charge on any atom is 0.149 e. The van der Waals surface area contributed by atoms with E-state index in [4.69, 9.17) is 10.9 Å². The van der Waals surface area contributed by atoms with Gasteiger partial charge in [-0.25, -0.2) is 0 Å². The van der Waals surface area contributed by atoms with Gasteiger partial charge in [-0.05, 0) is 12.8 Å². The Morgan fingerprint density at radius 3 is 2.67 bits per heavy atom. The lowest BCUT2D eigenvalue weighted by Crippen LogP contribution is -2.18. The van der Waals surface area contributed by atoms with Gasteiger partial charge in [0.1, 0.15) is 5.84 Å². The minimum Gasteiger partial charge on any atom is -0.409 e. The summed E-state index contributed by atoms with van der Waals surface area (Å²) in [4.78, 5) is 0. The zero-order chi connectivity index (χ0) is 8.81. The van der Waals surface area contributed by atoms with Crippen molar-refractivity contribution >= 4 is 17.6 Å². The first-order chi connectivity index (χ1) is 5.83.